The molecule has 0 aliphatic heterocycles. The highest BCUT2D eigenvalue weighted by atomic mass is 15.1. The maximum atomic E-state index is 2.39. The summed E-state index contributed by atoms with van der Waals surface area (Å²) in [6, 6.07) is 92.1. The zero-order valence-electron chi connectivity index (χ0n) is 34.1. The number of rotatable bonds is 9. The lowest BCUT2D eigenvalue weighted by atomic mass is 9.93. The fourth-order valence-corrected chi connectivity index (χ4v) is 9.02. The highest BCUT2D eigenvalue weighted by Crippen LogP contribution is 2.43. The van der Waals surface area contributed by atoms with Crippen LogP contribution in [0.3, 0.4) is 0 Å². The van der Waals surface area contributed by atoms with E-state index in [2.05, 4.69) is 264 Å². The van der Waals surface area contributed by atoms with E-state index in [0.717, 1.165) is 33.9 Å². The Balaban J connectivity index is 1.05. The lowest BCUT2D eigenvalue weighted by molar-refractivity contribution is 1.18. The van der Waals surface area contributed by atoms with Crippen LogP contribution in [0.15, 0.2) is 255 Å². The molecule has 0 unspecified atom stereocenters. The molecule has 10 aromatic carbocycles. The smallest absolute Gasteiger partial charge is 0.0547 e. The van der Waals surface area contributed by atoms with E-state index < -0.39 is 0 Å². The lowest BCUT2D eigenvalue weighted by Gasteiger charge is -2.27. The number of para-hydroxylation sites is 2. The summed E-state index contributed by atoms with van der Waals surface area (Å²) in [5.74, 6) is 0. The van der Waals surface area contributed by atoms with Crippen LogP contribution in [-0.2, 0) is 0 Å². The van der Waals surface area contributed by atoms with Crippen molar-refractivity contribution in [1.82, 2.24) is 4.57 Å². The van der Waals surface area contributed by atoms with Crippen LogP contribution in [0.1, 0.15) is 0 Å². The van der Waals surface area contributed by atoms with Gasteiger partial charge in [0.1, 0.15) is 0 Å². The molecule has 292 valence electrons. The van der Waals surface area contributed by atoms with Crippen LogP contribution in [-0.4, -0.2) is 4.57 Å². The minimum Gasteiger partial charge on any atom is -0.310 e. The third-order valence-electron chi connectivity index (χ3n) is 11.9. The molecule has 0 aliphatic rings. The van der Waals surface area contributed by atoms with E-state index in [4.69, 9.17) is 0 Å². The Labute approximate surface area is 362 Å². The number of nitrogens with zero attached hydrogens (tertiary/aromatic N) is 2. The second-order valence-electron chi connectivity index (χ2n) is 15.8. The van der Waals surface area contributed by atoms with E-state index in [-0.39, 0.29) is 0 Å². The molecule has 0 spiro atoms. The molecule has 11 rings (SSSR count). The minimum absolute atomic E-state index is 1.08. The summed E-state index contributed by atoms with van der Waals surface area (Å²) < 4.78 is 2.39. The summed E-state index contributed by atoms with van der Waals surface area (Å²) in [7, 11) is 0. The summed E-state index contributed by atoms with van der Waals surface area (Å²) in [4.78, 5) is 2.39. The van der Waals surface area contributed by atoms with Gasteiger partial charge in [-0.15, -0.1) is 0 Å². The molecule has 0 amide bonds. The minimum atomic E-state index is 1.08. The van der Waals surface area contributed by atoms with E-state index in [0.29, 0.717) is 0 Å². The summed E-state index contributed by atoms with van der Waals surface area (Å²) in [6.07, 6.45) is 0. The van der Waals surface area contributed by atoms with Crippen molar-refractivity contribution in [3.05, 3.63) is 255 Å². The molecule has 0 radical (unpaired) electrons. The van der Waals surface area contributed by atoms with Crippen LogP contribution < -0.4 is 4.90 Å². The van der Waals surface area contributed by atoms with Crippen molar-refractivity contribution < 1.29 is 0 Å². The molecule has 62 heavy (non-hydrogen) atoms. The van der Waals surface area contributed by atoms with Crippen LogP contribution >= 0.6 is 0 Å². The second-order valence-corrected chi connectivity index (χ2v) is 15.8. The van der Waals surface area contributed by atoms with Gasteiger partial charge in [0.25, 0.3) is 0 Å². The number of benzene rings is 10. The number of fused-ring (bicyclic) bond motifs is 3. The first-order valence-corrected chi connectivity index (χ1v) is 21.3. The molecule has 0 atom stereocenters. The molecular weight excluding hydrogens is 749 g/mol. The third kappa shape index (κ3) is 6.94. The van der Waals surface area contributed by atoms with Crippen molar-refractivity contribution in [2.45, 2.75) is 0 Å². The van der Waals surface area contributed by atoms with Gasteiger partial charge in [-0.3, -0.25) is 0 Å². The largest absolute Gasteiger partial charge is 0.310 e. The summed E-state index contributed by atoms with van der Waals surface area (Å²) in [5, 5.41) is 2.49. The molecule has 2 nitrogen and oxygen atoms in total. The fourth-order valence-electron chi connectivity index (χ4n) is 9.02. The van der Waals surface area contributed by atoms with Crippen molar-refractivity contribution in [2.24, 2.45) is 0 Å². The first-order valence-electron chi connectivity index (χ1n) is 21.3. The SMILES string of the molecule is c1ccc(-c2cc(-c3ccccc3)cc(-c3ccc(N(c4cccc(-c5ccccc5)c4)c4cccc(-c5cccc6c5c5ccccc5n6-c5ccccc5)c4)cc3)c2)cc1. The highest BCUT2D eigenvalue weighted by molar-refractivity contribution is 6.16. The Morgan fingerprint density at radius 2 is 0.694 bits per heavy atom. The Bertz CT molecular complexity index is 3260. The molecule has 11 aromatic rings. The highest BCUT2D eigenvalue weighted by Gasteiger charge is 2.19. The van der Waals surface area contributed by atoms with Crippen molar-refractivity contribution in [3.8, 4) is 61.3 Å². The second kappa shape index (κ2) is 16.1. The molecule has 2 heteroatoms. The molecule has 0 saturated heterocycles. The van der Waals surface area contributed by atoms with Crippen LogP contribution in [0.5, 0.6) is 0 Å². The molecule has 1 heterocycles. The van der Waals surface area contributed by atoms with E-state index in [1.807, 2.05) is 0 Å². The average molecular weight is 791 g/mol. The first kappa shape index (κ1) is 36.8. The molecule has 0 bridgehead atoms. The lowest BCUT2D eigenvalue weighted by Crippen LogP contribution is -2.10. The standard InChI is InChI=1S/C60H42N2/c1-5-18-43(19-6-1)47-24-15-28-54(41-47)61(53-36-34-46(35-37-53)51-39-49(44-20-7-2-8-21-44)38-50(40-51)45-22-9-3-10-23-45)55-29-16-25-48(42-55)56-31-17-33-59-60(56)57-30-13-14-32-58(57)62(59)52-26-11-4-12-27-52/h1-42H. The van der Waals surface area contributed by atoms with Gasteiger partial charge in [-0.25, -0.2) is 0 Å². The Morgan fingerprint density at radius 3 is 1.29 bits per heavy atom. The van der Waals surface area contributed by atoms with E-state index >= 15 is 0 Å². The molecule has 0 fully saturated rings. The zero-order chi connectivity index (χ0) is 41.2. The molecular formula is C60H42N2. The van der Waals surface area contributed by atoms with Crippen molar-refractivity contribution in [2.75, 3.05) is 4.90 Å². The third-order valence-corrected chi connectivity index (χ3v) is 11.9. The summed E-state index contributed by atoms with van der Waals surface area (Å²) in [5.41, 5.74) is 18.7. The number of hydrogen-bond acceptors (Lipinski definition) is 1. The van der Waals surface area contributed by atoms with Gasteiger partial charge in [0.2, 0.25) is 0 Å². The van der Waals surface area contributed by atoms with Gasteiger partial charge < -0.3 is 9.47 Å². The summed E-state index contributed by atoms with van der Waals surface area (Å²) in [6.45, 7) is 0. The van der Waals surface area contributed by atoms with Crippen LogP contribution in [0.2, 0.25) is 0 Å². The fraction of sp³-hybridized carbons (Fsp3) is 0. The molecule has 1 aromatic heterocycles. The van der Waals surface area contributed by atoms with Crippen LogP contribution in [0.4, 0.5) is 17.1 Å². The van der Waals surface area contributed by atoms with Crippen molar-refractivity contribution in [1.29, 1.82) is 0 Å². The van der Waals surface area contributed by atoms with Gasteiger partial charge >= 0.3 is 0 Å². The van der Waals surface area contributed by atoms with Gasteiger partial charge in [-0.2, -0.15) is 0 Å². The normalized spacial score (nSPS) is 11.2. The topological polar surface area (TPSA) is 8.17 Å². The predicted octanol–water partition coefficient (Wildman–Crippen LogP) is 16.6. The Kier molecular flexibility index (Phi) is 9.57. The van der Waals surface area contributed by atoms with Crippen LogP contribution in [0.25, 0.3) is 83.1 Å². The van der Waals surface area contributed by atoms with E-state index in [1.165, 1.54) is 66.3 Å². The Hall–Kier alpha value is -8.20. The first-order chi connectivity index (χ1) is 30.7. The molecule has 0 saturated carbocycles. The maximum absolute atomic E-state index is 2.39. The number of aromatic nitrogens is 1. The van der Waals surface area contributed by atoms with Crippen LogP contribution in [0, 0.1) is 0 Å². The van der Waals surface area contributed by atoms with Gasteiger partial charge in [-0.1, -0.05) is 176 Å². The van der Waals surface area contributed by atoms with Gasteiger partial charge in [0.15, 0.2) is 0 Å². The summed E-state index contributed by atoms with van der Waals surface area (Å²) >= 11 is 0. The maximum Gasteiger partial charge on any atom is 0.0547 e. The zero-order valence-corrected chi connectivity index (χ0v) is 34.1. The van der Waals surface area contributed by atoms with Crippen molar-refractivity contribution in [3.63, 3.8) is 0 Å². The van der Waals surface area contributed by atoms with Gasteiger partial charge in [0, 0.05) is 33.5 Å². The van der Waals surface area contributed by atoms with Crippen molar-refractivity contribution >= 4 is 38.9 Å². The average Bonchev–Trinajstić information content (AvgIpc) is 3.70. The molecule has 0 N–H and O–H groups in total. The van der Waals surface area contributed by atoms with Gasteiger partial charge in [0.05, 0.1) is 11.0 Å². The van der Waals surface area contributed by atoms with Gasteiger partial charge in [-0.05, 0) is 134 Å². The molecule has 0 aliphatic carbocycles. The quantitative estimate of drug-likeness (QED) is 0.141. The number of hydrogen-bond donors (Lipinski definition) is 0. The Morgan fingerprint density at radius 1 is 0.258 bits per heavy atom. The monoisotopic (exact) mass is 790 g/mol. The predicted molar refractivity (Wildman–Crippen MR) is 263 cm³/mol. The van der Waals surface area contributed by atoms with E-state index in [9.17, 15) is 0 Å². The van der Waals surface area contributed by atoms with E-state index in [1.54, 1.807) is 0 Å². The number of anilines is 3.